The van der Waals surface area contributed by atoms with E-state index in [1.807, 2.05) is 30.3 Å². The highest BCUT2D eigenvalue weighted by Crippen LogP contribution is 2.22. The summed E-state index contributed by atoms with van der Waals surface area (Å²) in [5.74, 6) is -2.01. The average Bonchev–Trinajstić information content (AvgIpc) is 2.59. The SMILES string of the molecule is CN1CC(=O)N(Cc2c(F)cccc2F)[C@@H](Cc2ccccc2)C1=O. The van der Waals surface area contributed by atoms with Crippen molar-refractivity contribution in [2.45, 2.75) is 19.0 Å². The lowest BCUT2D eigenvalue weighted by molar-refractivity contribution is -0.155. The number of likely N-dealkylation sites (N-methyl/N-ethyl adjacent to an activating group) is 1. The first kappa shape index (κ1) is 17.1. The van der Waals surface area contributed by atoms with Crippen LogP contribution in [0, 0.1) is 11.6 Å². The molecule has 1 fully saturated rings. The van der Waals surface area contributed by atoms with E-state index in [2.05, 4.69) is 0 Å². The van der Waals surface area contributed by atoms with Crippen LogP contribution in [0.4, 0.5) is 8.78 Å². The van der Waals surface area contributed by atoms with Crippen LogP contribution < -0.4 is 0 Å². The fourth-order valence-electron chi connectivity index (χ4n) is 3.02. The molecule has 0 aliphatic carbocycles. The number of rotatable bonds is 4. The van der Waals surface area contributed by atoms with Gasteiger partial charge in [-0.15, -0.1) is 0 Å². The summed E-state index contributed by atoms with van der Waals surface area (Å²) in [5, 5.41) is 0. The van der Waals surface area contributed by atoms with Gasteiger partial charge in [-0.3, -0.25) is 9.59 Å². The molecule has 0 radical (unpaired) electrons. The van der Waals surface area contributed by atoms with Gasteiger partial charge in [-0.1, -0.05) is 36.4 Å². The van der Waals surface area contributed by atoms with Crippen LogP contribution in [-0.4, -0.2) is 41.2 Å². The summed E-state index contributed by atoms with van der Waals surface area (Å²) < 4.78 is 28.0. The number of nitrogens with zero attached hydrogens (tertiary/aromatic N) is 2. The fourth-order valence-corrected chi connectivity index (χ4v) is 3.02. The molecule has 0 aromatic heterocycles. The largest absolute Gasteiger partial charge is 0.335 e. The molecule has 1 aliphatic rings. The molecule has 1 saturated heterocycles. The third kappa shape index (κ3) is 3.52. The van der Waals surface area contributed by atoms with Crippen LogP contribution in [-0.2, 0) is 22.6 Å². The lowest BCUT2D eigenvalue weighted by atomic mass is 10.00. The van der Waals surface area contributed by atoms with Crippen molar-refractivity contribution < 1.29 is 18.4 Å². The Morgan fingerprint density at radius 3 is 2.28 bits per heavy atom. The summed E-state index contributed by atoms with van der Waals surface area (Å²) >= 11 is 0. The molecule has 2 amide bonds. The summed E-state index contributed by atoms with van der Waals surface area (Å²) in [6.07, 6.45) is 0.297. The first-order valence-corrected chi connectivity index (χ1v) is 7.98. The van der Waals surface area contributed by atoms with E-state index in [0.717, 1.165) is 17.7 Å². The molecule has 0 unspecified atom stereocenters. The third-order valence-electron chi connectivity index (χ3n) is 4.39. The minimum atomic E-state index is -0.785. The fraction of sp³-hybridized carbons (Fsp3) is 0.263. The Labute approximate surface area is 144 Å². The van der Waals surface area contributed by atoms with Gasteiger partial charge in [-0.05, 0) is 17.7 Å². The van der Waals surface area contributed by atoms with Crippen LogP contribution in [0.3, 0.4) is 0 Å². The minimum absolute atomic E-state index is 0.0970. The Bertz CT molecular complexity index is 775. The highest BCUT2D eigenvalue weighted by atomic mass is 19.1. The number of benzene rings is 2. The standard InChI is InChI=1S/C19H18F2N2O2/c1-22-12-18(24)23(11-14-15(20)8-5-9-16(14)21)17(19(22)25)10-13-6-3-2-4-7-13/h2-9,17H,10-12H2,1H3/t17-/m0/s1. The van der Waals surface area contributed by atoms with Crippen molar-refractivity contribution in [2.24, 2.45) is 0 Å². The van der Waals surface area contributed by atoms with Crippen molar-refractivity contribution in [3.63, 3.8) is 0 Å². The van der Waals surface area contributed by atoms with Crippen molar-refractivity contribution in [1.29, 1.82) is 0 Å². The lowest BCUT2D eigenvalue weighted by Gasteiger charge is -2.39. The van der Waals surface area contributed by atoms with E-state index in [-0.39, 0.29) is 30.5 Å². The Kier molecular flexibility index (Phi) is 4.79. The van der Waals surface area contributed by atoms with Crippen LogP contribution in [0.15, 0.2) is 48.5 Å². The molecule has 25 heavy (non-hydrogen) atoms. The average molecular weight is 344 g/mol. The molecule has 3 rings (SSSR count). The van der Waals surface area contributed by atoms with Crippen molar-refractivity contribution in [1.82, 2.24) is 9.80 Å². The monoisotopic (exact) mass is 344 g/mol. The van der Waals surface area contributed by atoms with Gasteiger partial charge in [0.1, 0.15) is 17.7 Å². The van der Waals surface area contributed by atoms with E-state index >= 15 is 0 Å². The molecule has 2 aromatic carbocycles. The molecule has 130 valence electrons. The molecular weight excluding hydrogens is 326 g/mol. The van der Waals surface area contributed by atoms with Crippen molar-refractivity contribution in [3.8, 4) is 0 Å². The molecular formula is C19H18F2N2O2. The van der Waals surface area contributed by atoms with Crippen molar-refractivity contribution in [2.75, 3.05) is 13.6 Å². The Morgan fingerprint density at radius 1 is 1.00 bits per heavy atom. The van der Waals surface area contributed by atoms with E-state index in [9.17, 15) is 18.4 Å². The van der Waals surface area contributed by atoms with Gasteiger partial charge in [-0.2, -0.15) is 0 Å². The molecule has 0 N–H and O–H groups in total. The van der Waals surface area contributed by atoms with E-state index in [0.29, 0.717) is 6.42 Å². The number of hydrogen-bond donors (Lipinski definition) is 0. The van der Waals surface area contributed by atoms with E-state index < -0.39 is 17.7 Å². The molecule has 0 saturated carbocycles. The topological polar surface area (TPSA) is 40.6 Å². The van der Waals surface area contributed by atoms with Crippen LogP contribution in [0.25, 0.3) is 0 Å². The predicted octanol–water partition coefficient (Wildman–Crippen LogP) is 2.38. The smallest absolute Gasteiger partial charge is 0.245 e. The first-order chi connectivity index (χ1) is 12.0. The Morgan fingerprint density at radius 2 is 1.64 bits per heavy atom. The maximum atomic E-state index is 14.0. The second kappa shape index (κ2) is 7.01. The molecule has 2 aromatic rings. The number of halogens is 2. The van der Waals surface area contributed by atoms with Gasteiger partial charge in [0.2, 0.25) is 11.8 Å². The van der Waals surface area contributed by atoms with E-state index in [1.54, 1.807) is 7.05 Å². The summed E-state index contributed by atoms with van der Waals surface area (Å²) in [7, 11) is 1.55. The van der Waals surface area contributed by atoms with Gasteiger partial charge in [0.15, 0.2) is 0 Å². The normalized spacial score (nSPS) is 18.0. The lowest BCUT2D eigenvalue weighted by Crippen LogP contribution is -2.59. The van der Waals surface area contributed by atoms with Gasteiger partial charge in [0.05, 0.1) is 13.1 Å². The molecule has 1 heterocycles. The molecule has 1 atom stereocenters. The van der Waals surface area contributed by atoms with Crippen LogP contribution in [0.5, 0.6) is 0 Å². The number of carbonyl (C=O) groups is 2. The molecule has 6 heteroatoms. The quantitative estimate of drug-likeness (QED) is 0.854. The van der Waals surface area contributed by atoms with Gasteiger partial charge in [0, 0.05) is 19.0 Å². The van der Waals surface area contributed by atoms with E-state index in [4.69, 9.17) is 0 Å². The number of amides is 2. The molecule has 0 spiro atoms. The second-order valence-electron chi connectivity index (χ2n) is 6.12. The highest BCUT2D eigenvalue weighted by molar-refractivity contribution is 5.94. The van der Waals surface area contributed by atoms with Gasteiger partial charge in [-0.25, -0.2) is 8.78 Å². The maximum absolute atomic E-state index is 14.0. The Balaban J connectivity index is 1.92. The molecule has 1 aliphatic heterocycles. The van der Waals surface area contributed by atoms with E-state index in [1.165, 1.54) is 15.9 Å². The van der Waals surface area contributed by atoms with Crippen LogP contribution >= 0.6 is 0 Å². The Hall–Kier alpha value is -2.76. The minimum Gasteiger partial charge on any atom is -0.335 e. The zero-order valence-electron chi connectivity index (χ0n) is 13.8. The maximum Gasteiger partial charge on any atom is 0.245 e. The third-order valence-corrected chi connectivity index (χ3v) is 4.39. The van der Waals surface area contributed by atoms with Crippen LogP contribution in [0.2, 0.25) is 0 Å². The summed E-state index contributed by atoms with van der Waals surface area (Å²) in [4.78, 5) is 27.7. The zero-order valence-corrected chi connectivity index (χ0v) is 13.8. The second-order valence-corrected chi connectivity index (χ2v) is 6.12. The molecule has 0 bridgehead atoms. The van der Waals surface area contributed by atoms with Gasteiger partial charge >= 0.3 is 0 Å². The zero-order chi connectivity index (χ0) is 18.0. The summed E-state index contributed by atoms with van der Waals surface area (Å²) in [6.45, 7) is -0.366. The van der Waals surface area contributed by atoms with Crippen molar-refractivity contribution >= 4 is 11.8 Å². The van der Waals surface area contributed by atoms with Gasteiger partial charge in [0.25, 0.3) is 0 Å². The predicted molar refractivity (Wildman–Crippen MR) is 88.5 cm³/mol. The van der Waals surface area contributed by atoms with Gasteiger partial charge < -0.3 is 9.80 Å². The summed E-state index contributed by atoms with van der Waals surface area (Å²) in [5.41, 5.74) is 0.675. The number of piperazine rings is 1. The number of carbonyl (C=O) groups excluding carboxylic acids is 2. The first-order valence-electron chi connectivity index (χ1n) is 7.98. The highest BCUT2D eigenvalue weighted by Gasteiger charge is 2.38. The molecule has 4 nitrogen and oxygen atoms in total. The van der Waals surface area contributed by atoms with Crippen molar-refractivity contribution in [3.05, 3.63) is 71.3 Å². The summed E-state index contributed by atoms with van der Waals surface area (Å²) in [6, 6.07) is 12.0. The van der Waals surface area contributed by atoms with Crippen LogP contribution in [0.1, 0.15) is 11.1 Å². The number of hydrogen-bond acceptors (Lipinski definition) is 2.